The topological polar surface area (TPSA) is 81.9 Å². The summed E-state index contributed by atoms with van der Waals surface area (Å²) in [6, 6.07) is 5.73. The second-order valence-electron chi connectivity index (χ2n) is 4.74. The number of nitrogens with zero attached hydrogens (tertiary/aromatic N) is 4. The second kappa shape index (κ2) is 6.83. The van der Waals surface area contributed by atoms with Crippen LogP contribution in [0.3, 0.4) is 0 Å². The summed E-state index contributed by atoms with van der Waals surface area (Å²) in [4.78, 5) is 13.2. The van der Waals surface area contributed by atoms with Crippen molar-refractivity contribution in [2.45, 2.75) is 33.7 Å². The summed E-state index contributed by atoms with van der Waals surface area (Å²) in [6.07, 6.45) is 0.902. The van der Waals surface area contributed by atoms with Crippen molar-refractivity contribution in [3.05, 3.63) is 29.3 Å². The molecule has 7 nitrogen and oxygen atoms in total. The largest absolute Gasteiger partial charge is 0.483 e. The molecular formula is C14H19N5O2. The van der Waals surface area contributed by atoms with Crippen LogP contribution in [0.5, 0.6) is 5.75 Å². The molecule has 0 radical (unpaired) electrons. The van der Waals surface area contributed by atoms with Crippen molar-refractivity contribution in [2.75, 3.05) is 11.9 Å². The van der Waals surface area contributed by atoms with Crippen molar-refractivity contribution in [1.29, 1.82) is 0 Å². The number of nitrogens with one attached hydrogen (secondary N) is 1. The minimum Gasteiger partial charge on any atom is -0.483 e. The van der Waals surface area contributed by atoms with Gasteiger partial charge in [0.2, 0.25) is 0 Å². The number of aromatic nitrogens is 4. The Bertz CT molecular complexity index is 624. The first-order valence-corrected chi connectivity index (χ1v) is 6.87. The van der Waals surface area contributed by atoms with Crippen LogP contribution in [0.4, 0.5) is 5.95 Å². The van der Waals surface area contributed by atoms with E-state index in [9.17, 15) is 4.79 Å². The SMILES string of the molecule is CCCn1nnc(NC(=O)COc2cccc(C)c2C)n1. The number of tetrazole rings is 1. The number of carbonyl (C=O) groups excluding carboxylic acids is 1. The summed E-state index contributed by atoms with van der Waals surface area (Å²) in [7, 11) is 0. The zero-order chi connectivity index (χ0) is 15.2. The van der Waals surface area contributed by atoms with Crippen LogP contribution in [-0.2, 0) is 11.3 Å². The zero-order valence-corrected chi connectivity index (χ0v) is 12.5. The number of amides is 1. The lowest BCUT2D eigenvalue weighted by molar-refractivity contribution is -0.118. The minimum absolute atomic E-state index is 0.0907. The fraction of sp³-hybridized carbons (Fsp3) is 0.429. The van der Waals surface area contributed by atoms with Gasteiger partial charge >= 0.3 is 0 Å². The summed E-state index contributed by atoms with van der Waals surface area (Å²) in [5, 5.41) is 14.2. The number of hydrogen-bond acceptors (Lipinski definition) is 5. The lowest BCUT2D eigenvalue weighted by Gasteiger charge is -2.09. The molecule has 1 N–H and O–H groups in total. The first-order valence-electron chi connectivity index (χ1n) is 6.87. The molecule has 0 saturated carbocycles. The standard InChI is InChI=1S/C14H19N5O2/c1-4-8-19-17-14(16-18-19)15-13(20)9-21-12-7-5-6-10(2)11(12)3/h5-7H,4,8-9H2,1-3H3,(H,15,17,20). The van der Waals surface area contributed by atoms with Gasteiger partial charge in [-0.25, -0.2) is 0 Å². The molecule has 1 amide bonds. The number of anilines is 1. The third kappa shape index (κ3) is 4.01. The third-order valence-corrected chi connectivity index (χ3v) is 3.04. The van der Waals surface area contributed by atoms with Crippen LogP contribution in [0.15, 0.2) is 18.2 Å². The predicted molar refractivity (Wildman–Crippen MR) is 78.1 cm³/mol. The molecule has 0 bridgehead atoms. The summed E-state index contributed by atoms with van der Waals surface area (Å²) in [5.74, 6) is 0.581. The Labute approximate surface area is 123 Å². The average Bonchev–Trinajstić information content (AvgIpc) is 2.88. The number of ether oxygens (including phenoxy) is 1. The Balaban J connectivity index is 1.88. The molecule has 0 fully saturated rings. The molecule has 112 valence electrons. The molecule has 1 aromatic carbocycles. The van der Waals surface area contributed by atoms with Crippen molar-refractivity contribution in [3.63, 3.8) is 0 Å². The van der Waals surface area contributed by atoms with Crippen molar-refractivity contribution >= 4 is 11.9 Å². The van der Waals surface area contributed by atoms with Crippen molar-refractivity contribution in [2.24, 2.45) is 0 Å². The van der Waals surface area contributed by atoms with Gasteiger partial charge < -0.3 is 4.74 Å². The van der Waals surface area contributed by atoms with Gasteiger partial charge in [-0.1, -0.05) is 24.2 Å². The van der Waals surface area contributed by atoms with Gasteiger partial charge in [-0.05, 0) is 42.7 Å². The van der Waals surface area contributed by atoms with Gasteiger partial charge in [0.05, 0.1) is 6.54 Å². The first-order chi connectivity index (χ1) is 10.1. The van der Waals surface area contributed by atoms with Crippen LogP contribution in [0.25, 0.3) is 0 Å². The molecule has 0 saturated heterocycles. The number of carbonyl (C=O) groups is 1. The van der Waals surface area contributed by atoms with E-state index < -0.39 is 0 Å². The van der Waals surface area contributed by atoms with Gasteiger partial charge in [-0.3, -0.25) is 10.1 Å². The lowest BCUT2D eigenvalue weighted by Crippen LogP contribution is -2.21. The highest BCUT2D eigenvalue weighted by Gasteiger charge is 2.09. The molecule has 0 atom stereocenters. The summed E-state index contributed by atoms with van der Waals surface area (Å²) in [5.41, 5.74) is 2.15. The molecule has 1 aromatic heterocycles. The Hall–Kier alpha value is -2.44. The van der Waals surface area contributed by atoms with E-state index in [-0.39, 0.29) is 18.5 Å². The number of rotatable bonds is 6. The fourth-order valence-electron chi connectivity index (χ4n) is 1.77. The van der Waals surface area contributed by atoms with Crippen LogP contribution < -0.4 is 10.1 Å². The Kier molecular flexibility index (Phi) is 4.86. The first kappa shape index (κ1) is 15.0. The molecule has 0 aliphatic carbocycles. The second-order valence-corrected chi connectivity index (χ2v) is 4.74. The van der Waals surface area contributed by atoms with Crippen molar-refractivity contribution < 1.29 is 9.53 Å². The Morgan fingerprint density at radius 1 is 1.38 bits per heavy atom. The third-order valence-electron chi connectivity index (χ3n) is 3.04. The van der Waals surface area contributed by atoms with Gasteiger partial charge in [-0.2, -0.15) is 4.80 Å². The van der Waals surface area contributed by atoms with Gasteiger partial charge in [0.25, 0.3) is 11.9 Å². The highest BCUT2D eigenvalue weighted by Crippen LogP contribution is 2.20. The summed E-state index contributed by atoms with van der Waals surface area (Å²) in [6.45, 7) is 6.55. The fourth-order valence-corrected chi connectivity index (χ4v) is 1.77. The molecule has 0 aliphatic rings. The molecule has 0 spiro atoms. The van der Waals surface area contributed by atoms with Gasteiger partial charge in [-0.15, -0.1) is 5.10 Å². The van der Waals surface area contributed by atoms with Gasteiger partial charge in [0.1, 0.15) is 5.75 Å². The van der Waals surface area contributed by atoms with Crippen molar-refractivity contribution in [3.8, 4) is 5.75 Å². The van der Waals surface area contributed by atoms with E-state index in [4.69, 9.17) is 4.74 Å². The Morgan fingerprint density at radius 2 is 2.19 bits per heavy atom. The minimum atomic E-state index is -0.313. The number of aryl methyl sites for hydroxylation is 2. The molecule has 2 rings (SSSR count). The predicted octanol–water partition coefficient (Wildman–Crippen LogP) is 1.72. The summed E-state index contributed by atoms with van der Waals surface area (Å²) < 4.78 is 5.51. The monoisotopic (exact) mass is 289 g/mol. The highest BCUT2D eigenvalue weighted by atomic mass is 16.5. The molecular weight excluding hydrogens is 270 g/mol. The highest BCUT2D eigenvalue weighted by molar-refractivity contribution is 5.90. The van der Waals surface area contributed by atoms with Gasteiger partial charge in [0, 0.05) is 0 Å². The lowest BCUT2D eigenvalue weighted by atomic mass is 10.1. The smallest absolute Gasteiger partial charge is 0.270 e. The van der Waals surface area contributed by atoms with E-state index in [0.29, 0.717) is 12.3 Å². The molecule has 7 heteroatoms. The van der Waals surface area contributed by atoms with E-state index in [1.807, 2.05) is 39.0 Å². The van der Waals surface area contributed by atoms with E-state index in [0.717, 1.165) is 17.5 Å². The van der Waals surface area contributed by atoms with E-state index in [1.54, 1.807) is 0 Å². The quantitative estimate of drug-likeness (QED) is 0.875. The Morgan fingerprint density at radius 3 is 2.95 bits per heavy atom. The average molecular weight is 289 g/mol. The van der Waals surface area contributed by atoms with E-state index >= 15 is 0 Å². The van der Waals surface area contributed by atoms with Crippen LogP contribution >= 0.6 is 0 Å². The van der Waals surface area contributed by atoms with Gasteiger partial charge in [0.15, 0.2) is 6.61 Å². The van der Waals surface area contributed by atoms with E-state index in [2.05, 4.69) is 20.7 Å². The van der Waals surface area contributed by atoms with Crippen molar-refractivity contribution in [1.82, 2.24) is 20.2 Å². The molecule has 1 heterocycles. The molecule has 21 heavy (non-hydrogen) atoms. The maximum atomic E-state index is 11.8. The van der Waals surface area contributed by atoms with Crippen LogP contribution in [-0.4, -0.2) is 32.7 Å². The zero-order valence-electron chi connectivity index (χ0n) is 12.5. The maximum absolute atomic E-state index is 11.8. The molecule has 0 unspecified atom stereocenters. The van der Waals surface area contributed by atoms with E-state index in [1.165, 1.54) is 4.80 Å². The summed E-state index contributed by atoms with van der Waals surface area (Å²) >= 11 is 0. The van der Waals surface area contributed by atoms with Crippen LogP contribution in [0.2, 0.25) is 0 Å². The number of hydrogen-bond donors (Lipinski definition) is 1. The van der Waals surface area contributed by atoms with Crippen LogP contribution in [0, 0.1) is 13.8 Å². The molecule has 2 aromatic rings. The normalized spacial score (nSPS) is 10.4. The number of benzene rings is 1. The van der Waals surface area contributed by atoms with Crippen LogP contribution in [0.1, 0.15) is 24.5 Å². The maximum Gasteiger partial charge on any atom is 0.270 e. The molecule has 0 aliphatic heterocycles.